The van der Waals surface area contributed by atoms with E-state index < -0.39 is 12.2 Å². The van der Waals surface area contributed by atoms with Crippen molar-refractivity contribution in [1.82, 2.24) is 20.3 Å². The lowest BCUT2D eigenvalue weighted by molar-refractivity contribution is 0.0303. The normalized spacial score (nSPS) is 32.2. The van der Waals surface area contributed by atoms with E-state index in [4.69, 9.17) is 5.73 Å². The molecule has 2 unspecified atom stereocenters. The van der Waals surface area contributed by atoms with Crippen molar-refractivity contribution < 1.29 is 10.2 Å². The first-order chi connectivity index (χ1) is 8.59. The van der Waals surface area contributed by atoms with Crippen molar-refractivity contribution in [2.24, 2.45) is 0 Å². The molecular weight excluding hydrogens is 234 g/mol. The summed E-state index contributed by atoms with van der Waals surface area (Å²) in [4.78, 5) is 11.1. The Morgan fingerprint density at radius 3 is 2.72 bits per heavy atom. The Morgan fingerprint density at radius 1 is 1.28 bits per heavy atom. The summed E-state index contributed by atoms with van der Waals surface area (Å²) >= 11 is 0. The Morgan fingerprint density at radius 2 is 2.06 bits per heavy atom. The van der Waals surface area contributed by atoms with Gasteiger partial charge < -0.3 is 26.2 Å². The minimum absolute atomic E-state index is 0.172. The van der Waals surface area contributed by atoms with Gasteiger partial charge in [-0.2, -0.15) is 0 Å². The zero-order valence-corrected chi connectivity index (χ0v) is 9.83. The van der Waals surface area contributed by atoms with Gasteiger partial charge in [-0.1, -0.05) is 0 Å². The van der Waals surface area contributed by atoms with E-state index in [1.54, 1.807) is 6.20 Å². The lowest BCUT2D eigenvalue weighted by Gasteiger charge is -2.14. The molecule has 1 fully saturated rings. The van der Waals surface area contributed by atoms with Crippen LogP contribution in [0.3, 0.4) is 0 Å². The second-order valence-electron chi connectivity index (χ2n) is 4.64. The number of nitrogens with one attached hydrogen (secondary N) is 2. The van der Waals surface area contributed by atoms with Crippen LogP contribution < -0.4 is 11.1 Å². The summed E-state index contributed by atoms with van der Waals surface area (Å²) in [7, 11) is 0. The van der Waals surface area contributed by atoms with Crippen LogP contribution in [0.1, 0.15) is 18.5 Å². The fourth-order valence-electron chi connectivity index (χ4n) is 2.46. The second kappa shape index (κ2) is 3.91. The zero-order valence-electron chi connectivity index (χ0n) is 9.83. The number of nitrogen functional groups attached to an aromatic ring is 1. The summed E-state index contributed by atoms with van der Waals surface area (Å²) in [5, 5.41) is 23.0. The first-order valence-corrected chi connectivity index (χ1v) is 5.79. The third kappa shape index (κ3) is 1.48. The number of fused-ring (bicyclic) bond motifs is 1. The summed E-state index contributed by atoms with van der Waals surface area (Å²) in [5.41, 5.74) is 7.85. The number of hydrogen-bond donors (Lipinski definition) is 5. The Bertz CT molecular complexity index is 584. The third-order valence-electron chi connectivity index (χ3n) is 3.50. The molecule has 2 aromatic heterocycles. The number of H-pyrrole nitrogens is 1. The van der Waals surface area contributed by atoms with Gasteiger partial charge in [0.15, 0.2) is 5.82 Å². The van der Waals surface area contributed by atoms with Crippen LogP contribution in [0.15, 0.2) is 12.5 Å². The van der Waals surface area contributed by atoms with Crippen molar-refractivity contribution in [3.8, 4) is 0 Å². The topological polar surface area (TPSA) is 120 Å². The molecular formula is C11H15N5O2. The molecule has 1 aliphatic heterocycles. The molecule has 4 atom stereocenters. The van der Waals surface area contributed by atoms with Gasteiger partial charge in [-0.25, -0.2) is 9.97 Å². The summed E-state index contributed by atoms with van der Waals surface area (Å²) in [6, 6.07) is -0.535. The lowest BCUT2D eigenvalue weighted by Crippen LogP contribution is -2.29. The maximum Gasteiger partial charge on any atom is 0.151 e. The molecule has 0 amide bonds. The molecule has 0 radical (unpaired) electrons. The van der Waals surface area contributed by atoms with E-state index in [1.807, 2.05) is 6.92 Å². The van der Waals surface area contributed by atoms with E-state index in [0.717, 1.165) is 5.56 Å². The standard InChI is InChI=1S/C11H15N5O2/c1-4-9(17)10(18)7(16-4)5-2-13-8-6(5)14-3-15-11(8)12/h2-4,7,9-10,13,16-18H,1H3,(H2,12,14,15)/t4-,7+,9?,10?/m1/s1. The molecule has 0 spiro atoms. The average Bonchev–Trinajstić information content (AvgIpc) is 2.88. The maximum atomic E-state index is 10.0. The van der Waals surface area contributed by atoms with Crippen LogP contribution >= 0.6 is 0 Å². The quantitative estimate of drug-likeness (QED) is 0.455. The van der Waals surface area contributed by atoms with Gasteiger partial charge in [-0.3, -0.25) is 0 Å². The van der Waals surface area contributed by atoms with Crippen LogP contribution in [0.5, 0.6) is 0 Å². The molecule has 0 bridgehead atoms. The van der Waals surface area contributed by atoms with Gasteiger partial charge in [-0.05, 0) is 6.92 Å². The van der Waals surface area contributed by atoms with E-state index >= 15 is 0 Å². The Balaban J connectivity index is 2.08. The van der Waals surface area contributed by atoms with Crippen molar-refractivity contribution in [2.75, 3.05) is 5.73 Å². The van der Waals surface area contributed by atoms with Gasteiger partial charge in [-0.15, -0.1) is 0 Å². The SMILES string of the molecule is C[C@H]1N[C@@H](c2c[nH]c3c(N)ncnc23)C(O)C1O. The maximum absolute atomic E-state index is 10.0. The monoisotopic (exact) mass is 249 g/mol. The number of aromatic amines is 1. The molecule has 1 aliphatic rings. The van der Waals surface area contributed by atoms with Gasteiger partial charge in [0.25, 0.3) is 0 Å². The molecule has 0 saturated carbocycles. The van der Waals surface area contributed by atoms with Crippen molar-refractivity contribution in [1.29, 1.82) is 0 Å². The number of aromatic nitrogens is 3. The zero-order chi connectivity index (χ0) is 12.9. The fourth-order valence-corrected chi connectivity index (χ4v) is 2.46. The molecule has 18 heavy (non-hydrogen) atoms. The molecule has 3 rings (SSSR count). The number of aliphatic hydroxyl groups excluding tert-OH is 2. The Labute approximate surface area is 103 Å². The molecule has 7 heteroatoms. The van der Waals surface area contributed by atoms with Gasteiger partial charge in [0.1, 0.15) is 17.9 Å². The Hall–Kier alpha value is -1.70. The van der Waals surface area contributed by atoms with Gasteiger partial charge >= 0.3 is 0 Å². The highest BCUT2D eigenvalue weighted by atomic mass is 16.3. The van der Waals surface area contributed by atoms with Crippen LogP contribution in [0.4, 0.5) is 5.82 Å². The molecule has 3 heterocycles. The summed E-state index contributed by atoms with van der Waals surface area (Å²) in [6.07, 6.45) is 1.46. The van der Waals surface area contributed by atoms with Crippen molar-refractivity contribution in [3.63, 3.8) is 0 Å². The van der Waals surface area contributed by atoms with Crippen LogP contribution in [-0.2, 0) is 0 Å². The van der Waals surface area contributed by atoms with Crippen LogP contribution in [0.2, 0.25) is 0 Å². The molecule has 1 saturated heterocycles. The molecule has 96 valence electrons. The first-order valence-electron chi connectivity index (χ1n) is 5.79. The molecule has 6 N–H and O–H groups in total. The molecule has 0 aliphatic carbocycles. The van der Waals surface area contributed by atoms with E-state index in [9.17, 15) is 10.2 Å². The minimum Gasteiger partial charge on any atom is -0.389 e. The summed E-state index contributed by atoms with van der Waals surface area (Å²) in [6.45, 7) is 1.83. The van der Waals surface area contributed by atoms with Gasteiger partial charge in [0, 0.05) is 17.8 Å². The van der Waals surface area contributed by atoms with Crippen LogP contribution in [0, 0.1) is 0 Å². The van der Waals surface area contributed by atoms with Gasteiger partial charge in [0.05, 0.1) is 17.7 Å². The minimum atomic E-state index is -0.866. The predicted octanol–water partition coefficient (Wildman–Crippen LogP) is -0.705. The highest BCUT2D eigenvalue weighted by Gasteiger charge is 2.40. The largest absolute Gasteiger partial charge is 0.389 e. The second-order valence-corrected chi connectivity index (χ2v) is 4.64. The summed E-state index contributed by atoms with van der Waals surface area (Å²) < 4.78 is 0. The number of rotatable bonds is 1. The average molecular weight is 249 g/mol. The van der Waals surface area contributed by atoms with Crippen molar-refractivity contribution in [3.05, 3.63) is 18.1 Å². The highest BCUT2D eigenvalue weighted by Crippen LogP contribution is 2.32. The van der Waals surface area contributed by atoms with Crippen LogP contribution in [-0.4, -0.2) is 43.4 Å². The number of nitrogens with two attached hydrogens (primary N) is 1. The number of anilines is 1. The van der Waals surface area contributed by atoms with E-state index in [-0.39, 0.29) is 12.1 Å². The fraction of sp³-hybridized carbons (Fsp3) is 0.455. The Kier molecular flexibility index (Phi) is 2.47. The van der Waals surface area contributed by atoms with Crippen molar-refractivity contribution in [2.45, 2.75) is 31.2 Å². The van der Waals surface area contributed by atoms with E-state index in [0.29, 0.717) is 16.9 Å². The molecule has 0 aromatic carbocycles. The molecule has 7 nitrogen and oxygen atoms in total. The predicted molar refractivity (Wildman–Crippen MR) is 65.7 cm³/mol. The smallest absolute Gasteiger partial charge is 0.151 e. The molecule has 2 aromatic rings. The van der Waals surface area contributed by atoms with E-state index in [1.165, 1.54) is 6.33 Å². The summed E-state index contributed by atoms with van der Waals surface area (Å²) in [5.74, 6) is 0.368. The number of nitrogens with zero attached hydrogens (tertiary/aromatic N) is 2. The van der Waals surface area contributed by atoms with Crippen LogP contribution in [0.25, 0.3) is 11.0 Å². The van der Waals surface area contributed by atoms with Crippen molar-refractivity contribution >= 4 is 16.9 Å². The highest BCUT2D eigenvalue weighted by molar-refractivity contribution is 5.87. The number of hydrogen-bond acceptors (Lipinski definition) is 6. The van der Waals surface area contributed by atoms with Gasteiger partial charge in [0.2, 0.25) is 0 Å². The number of aliphatic hydroxyl groups is 2. The van der Waals surface area contributed by atoms with E-state index in [2.05, 4.69) is 20.3 Å². The lowest BCUT2D eigenvalue weighted by atomic mass is 10.0. The first kappa shape index (κ1) is 11.4. The third-order valence-corrected chi connectivity index (χ3v) is 3.50.